The zero-order valence-corrected chi connectivity index (χ0v) is 12.0. The highest BCUT2D eigenvalue weighted by atomic mass is 16.1. The Kier molecular flexibility index (Phi) is 4.11. The van der Waals surface area contributed by atoms with Crippen LogP contribution in [0.5, 0.6) is 0 Å². The van der Waals surface area contributed by atoms with Crippen molar-refractivity contribution in [3.05, 3.63) is 82.9 Å². The summed E-state index contributed by atoms with van der Waals surface area (Å²) in [4.78, 5) is 12.6. The van der Waals surface area contributed by atoms with E-state index in [1.165, 1.54) is 0 Å². The minimum absolute atomic E-state index is 0.203. The van der Waals surface area contributed by atoms with E-state index in [2.05, 4.69) is 0 Å². The lowest BCUT2D eigenvalue weighted by Crippen LogP contribution is -2.12. The molecular formula is C20H18O. The highest BCUT2D eigenvalue weighted by Gasteiger charge is 2.20. The maximum absolute atomic E-state index is 12.6. The molecule has 3 rings (SSSR count). The molecule has 0 heterocycles. The van der Waals surface area contributed by atoms with Crippen LogP contribution in [0.1, 0.15) is 30.4 Å². The van der Waals surface area contributed by atoms with Crippen LogP contribution in [-0.2, 0) is 4.79 Å². The molecule has 0 saturated heterocycles. The maximum Gasteiger partial charge on any atom is 0.185 e. The Hall–Kier alpha value is -2.41. The molecule has 1 heteroatoms. The van der Waals surface area contributed by atoms with Crippen LogP contribution in [0.2, 0.25) is 0 Å². The van der Waals surface area contributed by atoms with Gasteiger partial charge in [-0.15, -0.1) is 0 Å². The molecule has 0 N–H and O–H groups in total. The number of ketones is 1. The average Bonchev–Trinajstić information content (AvgIpc) is 2.53. The van der Waals surface area contributed by atoms with Crippen molar-refractivity contribution >= 4 is 17.9 Å². The standard InChI is InChI=1S/C20H18O/c21-20-18(14-16-8-3-1-4-9-16)12-7-13-19(20)15-17-10-5-2-6-11-17/h1-6,8-11,14-15H,7,12-13H2/b18-14-,19-15+. The molecule has 21 heavy (non-hydrogen) atoms. The smallest absolute Gasteiger partial charge is 0.185 e. The van der Waals surface area contributed by atoms with Crippen molar-refractivity contribution in [1.29, 1.82) is 0 Å². The summed E-state index contributed by atoms with van der Waals surface area (Å²) in [5, 5.41) is 0. The molecule has 0 aromatic heterocycles. The SMILES string of the molecule is O=C1/C(=C\c2ccccc2)CCC/C1=C\c1ccccc1. The van der Waals surface area contributed by atoms with Gasteiger partial charge in [0.25, 0.3) is 0 Å². The molecule has 1 aliphatic rings. The van der Waals surface area contributed by atoms with Crippen LogP contribution in [-0.4, -0.2) is 5.78 Å². The van der Waals surface area contributed by atoms with E-state index in [1.807, 2.05) is 72.8 Å². The molecular weight excluding hydrogens is 256 g/mol. The van der Waals surface area contributed by atoms with Crippen LogP contribution < -0.4 is 0 Å². The van der Waals surface area contributed by atoms with Gasteiger partial charge in [0.15, 0.2) is 5.78 Å². The van der Waals surface area contributed by atoms with Gasteiger partial charge in [0.1, 0.15) is 0 Å². The molecule has 0 amide bonds. The van der Waals surface area contributed by atoms with Gasteiger partial charge >= 0.3 is 0 Å². The number of benzene rings is 2. The molecule has 0 bridgehead atoms. The number of carbonyl (C=O) groups excluding carboxylic acids is 1. The maximum atomic E-state index is 12.6. The fourth-order valence-corrected chi connectivity index (χ4v) is 2.68. The van der Waals surface area contributed by atoms with Gasteiger partial charge in [0.2, 0.25) is 0 Å². The lowest BCUT2D eigenvalue weighted by Gasteiger charge is -2.16. The predicted octanol–water partition coefficient (Wildman–Crippen LogP) is 4.91. The van der Waals surface area contributed by atoms with Crippen molar-refractivity contribution in [2.24, 2.45) is 0 Å². The van der Waals surface area contributed by atoms with Crippen LogP contribution in [0, 0.1) is 0 Å². The second kappa shape index (κ2) is 6.36. The van der Waals surface area contributed by atoms with Crippen molar-refractivity contribution in [3.8, 4) is 0 Å². The Morgan fingerprint density at radius 2 is 1.10 bits per heavy atom. The number of rotatable bonds is 2. The van der Waals surface area contributed by atoms with Crippen LogP contribution in [0.3, 0.4) is 0 Å². The molecule has 2 aromatic rings. The first-order valence-corrected chi connectivity index (χ1v) is 7.39. The summed E-state index contributed by atoms with van der Waals surface area (Å²) in [6.07, 6.45) is 6.85. The van der Waals surface area contributed by atoms with E-state index < -0.39 is 0 Å². The van der Waals surface area contributed by atoms with Gasteiger partial charge in [-0.2, -0.15) is 0 Å². The summed E-state index contributed by atoms with van der Waals surface area (Å²) in [7, 11) is 0. The second-order valence-electron chi connectivity index (χ2n) is 5.34. The minimum Gasteiger partial charge on any atom is -0.289 e. The van der Waals surface area contributed by atoms with Gasteiger partial charge < -0.3 is 0 Å². The molecule has 104 valence electrons. The largest absolute Gasteiger partial charge is 0.289 e. The third kappa shape index (κ3) is 3.38. The fraction of sp³-hybridized carbons (Fsp3) is 0.150. The van der Waals surface area contributed by atoms with E-state index in [0.29, 0.717) is 0 Å². The third-order valence-corrected chi connectivity index (χ3v) is 3.76. The molecule has 0 radical (unpaired) electrons. The molecule has 1 aliphatic carbocycles. The van der Waals surface area contributed by atoms with Gasteiger partial charge in [-0.1, -0.05) is 60.7 Å². The van der Waals surface area contributed by atoms with E-state index in [0.717, 1.165) is 41.5 Å². The van der Waals surface area contributed by atoms with Gasteiger partial charge in [0, 0.05) is 11.1 Å². The van der Waals surface area contributed by atoms with Gasteiger partial charge in [-0.25, -0.2) is 0 Å². The highest BCUT2D eigenvalue weighted by molar-refractivity contribution is 6.13. The van der Waals surface area contributed by atoms with Crippen molar-refractivity contribution in [2.45, 2.75) is 19.3 Å². The van der Waals surface area contributed by atoms with Crippen LogP contribution in [0.25, 0.3) is 12.2 Å². The predicted molar refractivity (Wildman–Crippen MR) is 87.7 cm³/mol. The van der Waals surface area contributed by atoms with Gasteiger partial charge in [0.05, 0.1) is 0 Å². The van der Waals surface area contributed by atoms with E-state index in [1.54, 1.807) is 0 Å². The zero-order chi connectivity index (χ0) is 14.5. The monoisotopic (exact) mass is 274 g/mol. The van der Waals surface area contributed by atoms with E-state index in [9.17, 15) is 4.79 Å². The van der Waals surface area contributed by atoms with Crippen molar-refractivity contribution in [1.82, 2.24) is 0 Å². The first-order valence-electron chi connectivity index (χ1n) is 7.39. The zero-order valence-electron chi connectivity index (χ0n) is 12.0. The minimum atomic E-state index is 0.203. The van der Waals surface area contributed by atoms with E-state index in [-0.39, 0.29) is 5.78 Å². The number of hydrogen-bond acceptors (Lipinski definition) is 1. The van der Waals surface area contributed by atoms with Crippen molar-refractivity contribution in [2.75, 3.05) is 0 Å². The number of allylic oxidation sites excluding steroid dienone is 2. The van der Waals surface area contributed by atoms with Crippen LogP contribution >= 0.6 is 0 Å². The third-order valence-electron chi connectivity index (χ3n) is 3.76. The summed E-state index contributed by atoms with van der Waals surface area (Å²) in [6, 6.07) is 20.1. The Morgan fingerprint density at radius 3 is 1.52 bits per heavy atom. The van der Waals surface area contributed by atoms with E-state index >= 15 is 0 Å². The summed E-state index contributed by atoms with van der Waals surface area (Å²) in [5.41, 5.74) is 4.05. The Bertz CT molecular complexity index is 619. The fourth-order valence-electron chi connectivity index (χ4n) is 2.68. The Labute approximate surface area is 125 Å². The summed E-state index contributed by atoms with van der Waals surface area (Å²) >= 11 is 0. The van der Waals surface area contributed by atoms with Crippen LogP contribution in [0.4, 0.5) is 0 Å². The van der Waals surface area contributed by atoms with Crippen molar-refractivity contribution in [3.63, 3.8) is 0 Å². The van der Waals surface area contributed by atoms with Crippen LogP contribution in [0.15, 0.2) is 71.8 Å². The molecule has 0 spiro atoms. The lowest BCUT2D eigenvalue weighted by atomic mass is 9.87. The number of hydrogen-bond donors (Lipinski definition) is 0. The lowest BCUT2D eigenvalue weighted by molar-refractivity contribution is -0.112. The van der Waals surface area contributed by atoms with E-state index in [4.69, 9.17) is 0 Å². The van der Waals surface area contributed by atoms with Gasteiger partial charge in [-0.3, -0.25) is 4.79 Å². The molecule has 1 nitrogen and oxygen atoms in total. The molecule has 1 saturated carbocycles. The normalized spacial score (nSPS) is 19.1. The quantitative estimate of drug-likeness (QED) is 0.711. The topological polar surface area (TPSA) is 17.1 Å². The van der Waals surface area contributed by atoms with Gasteiger partial charge in [-0.05, 0) is 42.5 Å². The number of carbonyl (C=O) groups is 1. The summed E-state index contributed by atoms with van der Waals surface area (Å²) < 4.78 is 0. The summed E-state index contributed by atoms with van der Waals surface area (Å²) in [6.45, 7) is 0. The van der Waals surface area contributed by atoms with Crippen molar-refractivity contribution < 1.29 is 4.79 Å². The Morgan fingerprint density at radius 1 is 0.667 bits per heavy atom. The number of Topliss-reactive ketones (excluding diaryl/α,β-unsaturated/α-hetero) is 1. The average molecular weight is 274 g/mol. The molecule has 0 aliphatic heterocycles. The highest BCUT2D eigenvalue weighted by Crippen LogP contribution is 2.27. The molecule has 0 unspecified atom stereocenters. The molecule has 2 aromatic carbocycles. The first kappa shape index (κ1) is 13.6. The summed E-state index contributed by atoms with van der Waals surface area (Å²) in [5.74, 6) is 0.203. The molecule has 1 fully saturated rings. The molecule has 0 atom stereocenters. The second-order valence-corrected chi connectivity index (χ2v) is 5.34. The first-order chi connectivity index (χ1) is 10.3. The Balaban J connectivity index is 1.88.